The van der Waals surface area contributed by atoms with Crippen molar-refractivity contribution in [2.24, 2.45) is 0 Å². The van der Waals surface area contributed by atoms with Crippen molar-refractivity contribution in [2.75, 3.05) is 27.2 Å². The number of aromatic nitrogens is 3. The van der Waals surface area contributed by atoms with Crippen LogP contribution in [0.25, 0.3) is 11.0 Å². The molecule has 0 unspecified atom stereocenters. The van der Waals surface area contributed by atoms with Gasteiger partial charge in [-0.25, -0.2) is 9.97 Å². The van der Waals surface area contributed by atoms with Gasteiger partial charge in [0, 0.05) is 30.2 Å². The maximum atomic E-state index is 5.85. The van der Waals surface area contributed by atoms with E-state index < -0.39 is 0 Å². The molecular formula is C13H18N4O. The fourth-order valence-corrected chi connectivity index (χ4v) is 2.46. The van der Waals surface area contributed by atoms with Crippen molar-refractivity contribution in [1.82, 2.24) is 19.4 Å². The Morgan fingerprint density at radius 1 is 1.44 bits per heavy atom. The van der Waals surface area contributed by atoms with Gasteiger partial charge in [-0.3, -0.25) is 4.57 Å². The second kappa shape index (κ2) is 4.57. The molecule has 0 aliphatic carbocycles. The van der Waals surface area contributed by atoms with E-state index in [0.29, 0.717) is 0 Å². The average Bonchev–Trinajstić information content (AvgIpc) is 2.71. The van der Waals surface area contributed by atoms with Crippen molar-refractivity contribution in [3.05, 3.63) is 18.1 Å². The molecule has 2 aromatic rings. The zero-order valence-electron chi connectivity index (χ0n) is 10.9. The summed E-state index contributed by atoms with van der Waals surface area (Å²) in [7, 11) is 4.15. The smallest absolute Gasteiger partial charge is 0.199 e. The summed E-state index contributed by atoms with van der Waals surface area (Å²) in [5.74, 6) is 0.999. The van der Waals surface area contributed by atoms with Crippen molar-refractivity contribution in [3.63, 3.8) is 0 Å². The third-order valence-electron chi connectivity index (χ3n) is 3.36. The van der Waals surface area contributed by atoms with E-state index >= 15 is 0 Å². The summed E-state index contributed by atoms with van der Waals surface area (Å²) in [6.45, 7) is 2.68. The Hall–Kier alpha value is -1.62. The molecule has 0 saturated heterocycles. The van der Waals surface area contributed by atoms with Crippen molar-refractivity contribution in [3.8, 4) is 5.88 Å². The number of fused-ring (bicyclic) bond motifs is 3. The maximum Gasteiger partial charge on any atom is 0.199 e. The van der Waals surface area contributed by atoms with E-state index in [-0.39, 0.29) is 0 Å². The predicted octanol–water partition coefficient (Wildman–Crippen LogP) is 1.32. The van der Waals surface area contributed by atoms with Crippen LogP contribution in [0, 0.1) is 0 Å². The van der Waals surface area contributed by atoms with E-state index in [1.54, 1.807) is 6.33 Å². The van der Waals surface area contributed by atoms with E-state index in [1.807, 2.05) is 6.20 Å². The minimum atomic E-state index is 0.804. The molecule has 5 heteroatoms. The lowest BCUT2D eigenvalue weighted by Crippen LogP contribution is -2.20. The quantitative estimate of drug-likeness (QED) is 0.819. The third kappa shape index (κ3) is 1.84. The lowest BCUT2D eigenvalue weighted by atomic mass is 10.1. The maximum absolute atomic E-state index is 5.85. The van der Waals surface area contributed by atoms with Gasteiger partial charge in [0.15, 0.2) is 5.88 Å². The number of aryl methyl sites for hydroxylation is 1. The molecule has 2 aromatic heterocycles. The first-order chi connectivity index (χ1) is 8.77. The molecule has 0 radical (unpaired) electrons. The van der Waals surface area contributed by atoms with E-state index in [1.165, 1.54) is 5.56 Å². The van der Waals surface area contributed by atoms with Crippen molar-refractivity contribution in [2.45, 2.75) is 19.4 Å². The summed E-state index contributed by atoms with van der Waals surface area (Å²) >= 11 is 0. The molecule has 18 heavy (non-hydrogen) atoms. The van der Waals surface area contributed by atoms with Gasteiger partial charge < -0.3 is 9.64 Å². The predicted molar refractivity (Wildman–Crippen MR) is 69.9 cm³/mol. The molecule has 96 valence electrons. The molecule has 0 fully saturated rings. The van der Waals surface area contributed by atoms with E-state index in [9.17, 15) is 0 Å². The molecule has 0 spiro atoms. The first-order valence-corrected chi connectivity index (χ1v) is 6.36. The fraction of sp³-hybridized carbons (Fsp3) is 0.538. The van der Waals surface area contributed by atoms with Crippen LogP contribution in [0.5, 0.6) is 5.88 Å². The number of hydrogen-bond donors (Lipinski definition) is 0. The number of hydrogen-bond acceptors (Lipinski definition) is 4. The van der Waals surface area contributed by atoms with Gasteiger partial charge in [-0.15, -0.1) is 0 Å². The highest BCUT2D eigenvalue weighted by molar-refractivity contribution is 5.83. The van der Waals surface area contributed by atoms with E-state index in [0.717, 1.165) is 49.5 Å². The van der Waals surface area contributed by atoms with E-state index in [2.05, 4.69) is 33.5 Å². The zero-order chi connectivity index (χ0) is 12.5. The summed E-state index contributed by atoms with van der Waals surface area (Å²) in [6.07, 6.45) is 5.66. The minimum absolute atomic E-state index is 0.804. The highest BCUT2D eigenvalue weighted by Gasteiger charge is 2.22. The summed E-state index contributed by atoms with van der Waals surface area (Å²) in [5, 5.41) is 1.14. The monoisotopic (exact) mass is 246 g/mol. The molecule has 0 aromatic carbocycles. The Balaban J connectivity index is 2.10. The van der Waals surface area contributed by atoms with Crippen LogP contribution in [0.4, 0.5) is 0 Å². The largest absolute Gasteiger partial charge is 0.479 e. The fourth-order valence-electron chi connectivity index (χ4n) is 2.46. The molecule has 3 heterocycles. The van der Waals surface area contributed by atoms with Crippen LogP contribution in [0.1, 0.15) is 12.0 Å². The zero-order valence-corrected chi connectivity index (χ0v) is 10.9. The first-order valence-electron chi connectivity index (χ1n) is 6.36. The molecular weight excluding hydrogens is 228 g/mol. The number of ether oxygens (including phenoxy) is 1. The van der Waals surface area contributed by atoms with Gasteiger partial charge in [-0.2, -0.15) is 0 Å². The van der Waals surface area contributed by atoms with Crippen LogP contribution >= 0.6 is 0 Å². The van der Waals surface area contributed by atoms with Crippen LogP contribution in [-0.4, -0.2) is 46.7 Å². The van der Waals surface area contributed by atoms with Crippen molar-refractivity contribution in [1.29, 1.82) is 0 Å². The van der Waals surface area contributed by atoms with Crippen LogP contribution in [0.3, 0.4) is 0 Å². The van der Waals surface area contributed by atoms with Gasteiger partial charge in [0.1, 0.15) is 12.0 Å². The molecule has 5 nitrogen and oxygen atoms in total. The second-order valence-electron chi connectivity index (χ2n) is 4.95. The summed E-state index contributed by atoms with van der Waals surface area (Å²) in [4.78, 5) is 10.7. The number of nitrogens with zero attached hydrogens (tertiary/aromatic N) is 4. The lowest BCUT2D eigenvalue weighted by molar-refractivity contribution is 0.260. The molecule has 0 atom stereocenters. The van der Waals surface area contributed by atoms with Crippen LogP contribution in [-0.2, 0) is 13.0 Å². The Bertz CT molecular complexity index is 561. The Morgan fingerprint density at radius 2 is 2.33 bits per heavy atom. The number of likely N-dealkylation sites (N-methyl/N-ethyl adjacent to an activating group) is 1. The average molecular weight is 246 g/mol. The Kier molecular flexibility index (Phi) is 2.91. The molecule has 1 aliphatic rings. The third-order valence-corrected chi connectivity index (χ3v) is 3.36. The first kappa shape index (κ1) is 11.5. The topological polar surface area (TPSA) is 43.2 Å². The SMILES string of the molecule is CN(C)CCn1c2c(c3cncnc31)CCCO2. The Labute approximate surface area is 106 Å². The van der Waals surface area contributed by atoms with Gasteiger partial charge in [0.2, 0.25) is 0 Å². The Morgan fingerprint density at radius 3 is 3.17 bits per heavy atom. The van der Waals surface area contributed by atoms with Crippen LogP contribution < -0.4 is 4.74 Å². The van der Waals surface area contributed by atoms with Crippen LogP contribution in [0.15, 0.2) is 12.5 Å². The van der Waals surface area contributed by atoms with Crippen molar-refractivity contribution >= 4 is 11.0 Å². The van der Waals surface area contributed by atoms with Gasteiger partial charge >= 0.3 is 0 Å². The molecule has 0 amide bonds. The summed E-state index contributed by atoms with van der Waals surface area (Å²) < 4.78 is 8.03. The number of rotatable bonds is 3. The highest BCUT2D eigenvalue weighted by atomic mass is 16.5. The standard InChI is InChI=1S/C13H18N4O/c1-16(2)5-6-17-12-11(8-14-9-15-12)10-4-3-7-18-13(10)17/h8-9H,3-7H2,1-2H3. The van der Waals surface area contributed by atoms with Gasteiger partial charge in [-0.05, 0) is 26.9 Å². The minimum Gasteiger partial charge on any atom is -0.479 e. The molecule has 0 N–H and O–H groups in total. The molecule has 1 aliphatic heterocycles. The van der Waals surface area contributed by atoms with Gasteiger partial charge in [-0.1, -0.05) is 0 Å². The molecule has 0 bridgehead atoms. The van der Waals surface area contributed by atoms with E-state index in [4.69, 9.17) is 4.74 Å². The second-order valence-corrected chi connectivity index (χ2v) is 4.95. The molecule has 0 saturated carbocycles. The molecule has 3 rings (SSSR count). The summed E-state index contributed by atoms with van der Waals surface area (Å²) in [5.41, 5.74) is 2.27. The van der Waals surface area contributed by atoms with Crippen LogP contribution in [0.2, 0.25) is 0 Å². The highest BCUT2D eigenvalue weighted by Crippen LogP contribution is 2.34. The van der Waals surface area contributed by atoms with Gasteiger partial charge in [0.05, 0.1) is 6.61 Å². The normalized spacial score (nSPS) is 14.8. The van der Waals surface area contributed by atoms with Crippen molar-refractivity contribution < 1.29 is 4.74 Å². The summed E-state index contributed by atoms with van der Waals surface area (Å²) in [6, 6.07) is 0. The van der Waals surface area contributed by atoms with Gasteiger partial charge in [0.25, 0.3) is 0 Å². The lowest BCUT2D eigenvalue weighted by Gasteiger charge is -2.18.